The quantitative estimate of drug-likeness (QED) is 0.227. The van der Waals surface area contributed by atoms with E-state index in [9.17, 15) is 24.9 Å². The molecule has 2 rings (SSSR count). The lowest BCUT2D eigenvalue weighted by atomic mass is 10.1. The number of H-pyrrole nitrogens is 1. The first-order valence-electron chi connectivity index (χ1n) is 8.32. The van der Waals surface area contributed by atoms with Crippen molar-refractivity contribution in [2.45, 2.75) is 31.0 Å². The van der Waals surface area contributed by atoms with Gasteiger partial charge < -0.3 is 45.7 Å². The number of nitrogens with one attached hydrogen (secondary N) is 1. The van der Waals surface area contributed by atoms with E-state index < -0.39 is 49.3 Å². The van der Waals surface area contributed by atoms with Gasteiger partial charge in [0.05, 0.1) is 18.4 Å². The second kappa shape index (κ2) is 9.59. The number of benzene rings is 1. The first-order valence-corrected chi connectivity index (χ1v) is 8.32. The van der Waals surface area contributed by atoms with Crippen LogP contribution in [0.15, 0.2) is 29.1 Å². The molecule has 0 aliphatic rings. The predicted molar refractivity (Wildman–Crippen MR) is 95.8 cm³/mol. The summed E-state index contributed by atoms with van der Waals surface area (Å²) >= 11 is 0. The molecule has 0 bridgehead atoms. The number of carbonyl (C=O) groups is 1. The van der Waals surface area contributed by atoms with E-state index in [1.807, 2.05) is 0 Å². The molecule has 11 nitrogen and oxygen atoms in total. The number of hydrogen-bond acceptors (Lipinski definition) is 9. The number of para-hydroxylation sites is 1. The van der Waals surface area contributed by atoms with Gasteiger partial charge in [0.25, 0.3) is 0 Å². The zero-order valence-corrected chi connectivity index (χ0v) is 14.7. The monoisotopic (exact) mass is 398 g/mol. The first-order chi connectivity index (χ1) is 13.3. The van der Waals surface area contributed by atoms with E-state index in [0.29, 0.717) is 0 Å². The topological polar surface area (TPSA) is 196 Å². The van der Waals surface area contributed by atoms with Crippen molar-refractivity contribution in [3.63, 3.8) is 0 Å². The van der Waals surface area contributed by atoms with Gasteiger partial charge in [-0.15, -0.1) is 0 Å². The summed E-state index contributed by atoms with van der Waals surface area (Å²) in [6.45, 7) is -0.830. The lowest BCUT2D eigenvalue weighted by molar-refractivity contribution is -0.189. The Kier molecular flexibility index (Phi) is 7.45. The number of rotatable bonds is 10. The average molecular weight is 398 g/mol. The summed E-state index contributed by atoms with van der Waals surface area (Å²) in [5, 5.41) is 48.1. The molecule has 0 amide bonds. The van der Waals surface area contributed by atoms with Crippen LogP contribution in [0.3, 0.4) is 0 Å². The Labute approximate surface area is 158 Å². The Morgan fingerprint density at radius 2 is 1.93 bits per heavy atom. The van der Waals surface area contributed by atoms with Crippen molar-refractivity contribution in [2.75, 3.05) is 13.3 Å². The highest BCUT2D eigenvalue weighted by Crippen LogP contribution is 2.25. The maximum absolute atomic E-state index is 12.1. The Hall–Kier alpha value is -2.54. The number of aromatic nitrogens is 1. The largest absolute Gasteiger partial charge is 0.477 e. The van der Waals surface area contributed by atoms with E-state index in [2.05, 4.69) is 4.98 Å². The lowest BCUT2D eigenvalue weighted by Crippen LogP contribution is -2.48. The van der Waals surface area contributed by atoms with Crippen LogP contribution in [-0.2, 0) is 4.74 Å². The fourth-order valence-electron chi connectivity index (χ4n) is 2.57. The number of hydrogen-bond donors (Lipinski definition) is 7. The molecule has 11 heteroatoms. The second-order valence-electron chi connectivity index (χ2n) is 5.91. The van der Waals surface area contributed by atoms with Crippen molar-refractivity contribution in [1.82, 2.24) is 4.98 Å². The van der Waals surface area contributed by atoms with Gasteiger partial charge in [-0.1, -0.05) is 6.07 Å². The highest BCUT2D eigenvalue weighted by Gasteiger charge is 2.33. The minimum Gasteiger partial charge on any atom is -0.477 e. The van der Waals surface area contributed by atoms with Crippen molar-refractivity contribution in [3.8, 4) is 5.75 Å². The van der Waals surface area contributed by atoms with Gasteiger partial charge in [0.2, 0.25) is 6.29 Å². The molecule has 0 saturated carbocycles. The Balaban J connectivity index is 2.40. The van der Waals surface area contributed by atoms with Gasteiger partial charge in [-0.25, -0.2) is 4.79 Å². The molecule has 0 aliphatic heterocycles. The van der Waals surface area contributed by atoms with Gasteiger partial charge in [0, 0.05) is 18.1 Å². The van der Waals surface area contributed by atoms with E-state index in [1.54, 1.807) is 0 Å². The minimum absolute atomic E-state index is 0.0376. The number of aromatic carboxylic acids is 1. The van der Waals surface area contributed by atoms with Crippen LogP contribution in [0, 0.1) is 0 Å². The minimum atomic E-state index is -1.77. The van der Waals surface area contributed by atoms with Gasteiger partial charge in [-0.05, 0) is 18.6 Å². The van der Waals surface area contributed by atoms with Crippen LogP contribution in [0.5, 0.6) is 5.75 Å². The Morgan fingerprint density at radius 1 is 1.21 bits per heavy atom. The molecule has 0 radical (unpaired) electrons. The number of pyridine rings is 1. The number of aliphatic hydroxyl groups excluding tert-OH is 4. The molecule has 2 aromatic rings. The SMILES string of the molecule is NCO[C@@H](Oc1cccc2c(=O)cc(C(=O)O)[nH]c12)C(O)C(O)[C@H](O)CCO. The highest BCUT2D eigenvalue weighted by molar-refractivity contribution is 5.91. The van der Waals surface area contributed by atoms with Gasteiger partial charge in [-0.2, -0.15) is 0 Å². The molecule has 154 valence electrons. The van der Waals surface area contributed by atoms with Crippen LogP contribution < -0.4 is 15.9 Å². The zero-order chi connectivity index (χ0) is 20.8. The first kappa shape index (κ1) is 21.8. The highest BCUT2D eigenvalue weighted by atomic mass is 16.7. The van der Waals surface area contributed by atoms with Crippen molar-refractivity contribution >= 4 is 16.9 Å². The van der Waals surface area contributed by atoms with Crippen LogP contribution in [0.2, 0.25) is 0 Å². The molecular weight excluding hydrogens is 376 g/mol. The normalized spacial score (nSPS) is 15.8. The smallest absolute Gasteiger partial charge is 0.352 e. The summed E-state index contributed by atoms with van der Waals surface area (Å²) in [6.07, 6.45) is -6.71. The van der Waals surface area contributed by atoms with Crippen LogP contribution in [0.1, 0.15) is 16.9 Å². The van der Waals surface area contributed by atoms with Crippen LogP contribution in [0.4, 0.5) is 0 Å². The number of ether oxygens (including phenoxy) is 2. The average Bonchev–Trinajstić information content (AvgIpc) is 2.67. The van der Waals surface area contributed by atoms with Gasteiger partial charge in [0.15, 0.2) is 5.43 Å². The van der Waals surface area contributed by atoms with Crippen molar-refractivity contribution in [2.24, 2.45) is 5.73 Å². The molecule has 1 aromatic heterocycles. The maximum Gasteiger partial charge on any atom is 0.352 e. The number of aliphatic hydroxyl groups is 4. The van der Waals surface area contributed by atoms with Crippen molar-refractivity contribution < 1.29 is 39.8 Å². The third-order valence-electron chi connectivity index (χ3n) is 4.01. The van der Waals surface area contributed by atoms with Crippen LogP contribution in [0.25, 0.3) is 10.9 Å². The zero-order valence-electron chi connectivity index (χ0n) is 14.7. The number of carboxylic acids is 1. The summed E-state index contributed by atoms with van der Waals surface area (Å²) in [4.78, 5) is 25.9. The molecule has 8 N–H and O–H groups in total. The van der Waals surface area contributed by atoms with Crippen molar-refractivity contribution in [1.29, 1.82) is 0 Å². The summed E-state index contributed by atoms with van der Waals surface area (Å²) in [7, 11) is 0. The van der Waals surface area contributed by atoms with E-state index in [1.165, 1.54) is 18.2 Å². The molecule has 0 saturated heterocycles. The number of aromatic amines is 1. The third kappa shape index (κ3) is 4.84. The molecule has 0 spiro atoms. The second-order valence-corrected chi connectivity index (χ2v) is 5.91. The van der Waals surface area contributed by atoms with E-state index in [-0.39, 0.29) is 28.8 Å². The number of fused-ring (bicyclic) bond motifs is 1. The summed E-state index contributed by atoms with van der Waals surface area (Å²) in [5.41, 5.74) is 4.43. The summed E-state index contributed by atoms with van der Waals surface area (Å²) < 4.78 is 10.6. The van der Waals surface area contributed by atoms with Crippen LogP contribution in [-0.4, -0.2) is 74.4 Å². The van der Waals surface area contributed by atoms with Crippen molar-refractivity contribution in [3.05, 3.63) is 40.2 Å². The van der Waals surface area contributed by atoms with Gasteiger partial charge in [0.1, 0.15) is 23.7 Å². The summed E-state index contributed by atoms with van der Waals surface area (Å²) in [6, 6.07) is 5.23. The molecule has 0 aliphatic carbocycles. The molecule has 0 fully saturated rings. The van der Waals surface area contributed by atoms with E-state index in [0.717, 1.165) is 6.07 Å². The fourth-order valence-corrected chi connectivity index (χ4v) is 2.57. The third-order valence-corrected chi connectivity index (χ3v) is 4.01. The number of nitrogens with two attached hydrogens (primary N) is 1. The molecular formula is C17H22N2O9. The fraction of sp³-hybridized carbons (Fsp3) is 0.412. The molecule has 28 heavy (non-hydrogen) atoms. The number of carboxylic acid groups (broad SMARTS) is 1. The Bertz CT molecular complexity index is 869. The van der Waals surface area contributed by atoms with E-state index >= 15 is 0 Å². The molecule has 2 unspecified atom stereocenters. The lowest BCUT2D eigenvalue weighted by Gasteiger charge is -2.29. The maximum atomic E-state index is 12.1. The van der Waals surface area contributed by atoms with Gasteiger partial charge in [-0.3, -0.25) is 4.79 Å². The molecule has 4 atom stereocenters. The molecule has 1 aromatic carbocycles. The predicted octanol–water partition coefficient (Wildman–Crippen LogP) is -1.67. The van der Waals surface area contributed by atoms with Crippen LogP contribution >= 0.6 is 0 Å². The molecule has 1 heterocycles. The van der Waals surface area contributed by atoms with E-state index in [4.69, 9.17) is 25.4 Å². The standard InChI is InChI=1S/C17H22N2O9/c18-7-27-17(15(24)14(23)10(21)4-5-20)28-12-3-1-2-8-11(22)6-9(16(25)26)19-13(8)12/h1-3,6,10,14-15,17,20-21,23-24H,4-5,7,18H2,(H,19,22)(H,25,26)/t10-,14?,15?,17+/m1/s1. The van der Waals surface area contributed by atoms with Gasteiger partial charge >= 0.3 is 5.97 Å². The summed E-state index contributed by atoms with van der Waals surface area (Å²) in [5.74, 6) is -1.40. The Morgan fingerprint density at radius 3 is 2.54 bits per heavy atom.